The number of rotatable bonds is 3. The van der Waals surface area contributed by atoms with Crippen molar-refractivity contribution in [3.05, 3.63) is 65.0 Å². The lowest BCUT2D eigenvalue weighted by Crippen LogP contribution is -2.30. The minimum absolute atomic E-state index is 0.265. The summed E-state index contributed by atoms with van der Waals surface area (Å²) in [7, 11) is 0. The Hall–Kier alpha value is -1.85. The van der Waals surface area contributed by atoms with E-state index in [9.17, 15) is 8.78 Å². The van der Waals surface area contributed by atoms with E-state index in [4.69, 9.17) is 5.84 Å². The zero-order valence-corrected chi connectivity index (χ0v) is 9.82. The number of pyridine rings is 1. The van der Waals surface area contributed by atoms with E-state index in [2.05, 4.69) is 10.4 Å². The van der Waals surface area contributed by atoms with Gasteiger partial charge in [-0.2, -0.15) is 0 Å². The summed E-state index contributed by atoms with van der Waals surface area (Å²) < 4.78 is 26.6. The van der Waals surface area contributed by atoms with Crippen LogP contribution in [0.4, 0.5) is 8.78 Å². The summed E-state index contributed by atoms with van der Waals surface area (Å²) in [5, 5.41) is 0. The van der Waals surface area contributed by atoms with Gasteiger partial charge in [0.25, 0.3) is 0 Å². The summed E-state index contributed by atoms with van der Waals surface area (Å²) in [6.45, 7) is 1.86. The number of nitrogens with zero attached hydrogens (tertiary/aromatic N) is 1. The average Bonchev–Trinajstić information content (AvgIpc) is 2.34. The van der Waals surface area contributed by atoms with E-state index in [1.54, 1.807) is 12.3 Å². The van der Waals surface area contributed by atoms with Crippen molar-refractivity contribution in [2.75, 3.05) is 0 Å². The lowest BCUT2D eigenvalue weighted by molar-refractivity contribution is 0.535. The molecule has 0 bridgehead atoms. The summed E-state index contributed by atoms with van der Waals surface area (Å²) in [5.41, 5.74) is 4.27. The van der Waals surface area contributed by atoms with Crippen molar-refractivity contribution in [1.29, 1.82) is 0 Å². The van der Waals surface area contributed by atoms with Gasteiger partial charge in [-0.15, -0.1) is 0 Å². The number of hydrazine groups is 1. The summed E-state index contributed by atoms with van der Waals surface area (Å²) in [5.74, 6) is 4.19. The molecule has 0 aliphatic rings. The van der Waals surface area contributed by atoms with Crippen LogP contribution in [0.5, 0.6) is 0 Å². The number of hydrogen-bond donors (Lipinski definition) is 2. The highest BCUT2D eigenvalue weighted by molar-refractivity contribution is 5.33. The molecule has 3 N–H and O–H groups in total. The van der Waals surface area contributed by atoms with Crippen molar-refractivity contribution in [1.82, 2.24) is 10.4 Å². The van der Waals surface area contributed by atoms with Crippen LogP contribution in [-0.2, 0) is 0 Å². The number of aryl methyl sites for hydroxylation is 1. The van der Waals surface area contributed by atoms with E-state index in [0.29, 0.717) is 5.69 Å². The van der Waals surface area contributed by atoms with Crippen LogP contribution >= 0.6 is 0 Å². The minimum atomic E-state index is -0.650. The molecule has 3 nitrogen and oxygen atoms in total. The van der Waals surface area contributed by atoms with Crippen molar-refractivity contribution in [3.8, 4) is 0 Å². The van der Waals surface area contributed by atoms with E-state index in [1.165, 1.54) is 12.1 Å². The van der Waals surface area contributed by atoms with Crippen LogP contribution < -0.4 is 11.3 Å². The van der Waals surface area contributed by atoms with Gasteiger partial charge in [-0.3, -0.25) is 10.8 Å². The quantitative estimate of drug-likeness (QED) is 0.647. The third-order valence-corrected chi connectivity index (χ3v) is 2.76. The van der Waals surface area contributed by atoms with E-state index in [0.717, 1.165) is 11.6 Å². The number of hydrogen-bond acceptors (Lipinski definition) is 3. The second kappa shape index (κ2) is 5.20. The summed E-state index contributed by atoms with van der Waals surface area (Å²) in [4.78, 5) is 4.19. The first-order valence-corrected chi connectivity index (χ1v) is 5.46. The molecule has 1 aromatic carbocycles. The largest absolute Gasteiger partial charge is 0.271 e. The molecule has 5 heteroatoms. The molecule has 1 aromatic heterocycles. The van der Waals surface area contributed by atoms with Crippen LogP contribution in [0.15, 0.2) is 36.5 Å². The van der Waals surface area contributed by atoms with Gasteiger partial charge >= 0.3 is 0 Å². The van der Waals surface area contributed by atoms with Crippen molar-refractivity contribution >= 4 is 0 Å². The van der Waals surface area contributed by atoms with E-state index in [1.807, 2.05) is 13.0 Å². The van der Waals surface area contributed by atoms with Gasteiger partial charge in [0.1, 0.15) is 11.6 Å². The highest BCUT2D eigenvalue weighted by Gasteiger charge is 2.19. The molecule has 0 saturated carbocycles. The third-order valence-electron chi connectivity index (χ3n) is 2.76. The Balaban J connectivity index is 2.49. The Morgan fingerprint density at radius 2 is 2.06 bits per heavy atom. The molecule has 1 atom stereocenters. The SMILES string of the molecule is Cc1cccnc1C(NN)c1ccc(F)cc1F. The summed E-state index contributed by atoms with van der Waals surface area (Å²) in [6.07, 6.45) is 1.61. The average molecular weight is 249 g/mol. The predicted octanol–water partition coefficient (Wildman–Crippen LogP) is 2.22. The third kappa shape index (κ3) is 2.37. The van der Waals surface area contributed by atoms with E-state index < -0.39 is 17.7 Å². The fourth-order valence-corrected chi connectivity index (χ4v) is 1.85. The monoisotopic (exact) mass is 249 g/mol. The molecular formula is C13H13F2N3. The van der Waals surface area contributed by atoms with Crippen LogP contribution in [0, 0.1) is 18.6 Å². The number of halogens is 2. The van der Waals surface area contributed by atoms with Gasteiger partial charge in [0.05, 0.1) is 11.7 Å². The summed E-state index contributed by atoms with van der Waals surface area (Å²) in [6, 6.07) is 6.43. The molecule has 94 valence electrons. The molecule has 0 saturated heterocycles. The molecule has 2 rings (SSSR count). The molecule has 0 radical (unpaired) electrons. The number of aromatic nitrogens is 1. The van der Waals surface area contributed by atoms with Gasteiger partial charge in [0, 0.05) is 17.8 Å². The lowest BCUT2D eigenvalue weighted by atomic mass is 10.00. The second-order valence-corrected chi connectivity index (χ2v) is 3.97. The molecule has 0 fully saturated rings. The molecular weight excluding hydrogens is 236 g/mol. The standard InChI is InChI=1S/C13H13F2N3/c1-8-3-2-6-17-12(8)13(18-16)10-5-4-9(14)7-11(10)15/h2-7,13,18H,16H2,1H3. The number of nitrogens with one attached hydrogen (secondary N) is 1. The van der Waals surface area contributed by atoms with Crippen LogP contribution in [0.3, 0.4) is 0 Å². The van der Waals surface area contributed by atoms with Crippen molar-refractivity contribution in [2.45, 2.75) is 13.0 Å². The Kier molecular flexibility index (Phi) is 3.64. The minimum Gasteiger partial charge on any atom is -0.271 e. The zero-order valence-electron chi connectivity index (χ0n) is 9.82. The van der Waals surface area contributed by atoms with Gasteiger partial charge < -0.3 is 0 Å². The van der Waals surface area contributed by atoms with Crippen LogP contribution in [0.25, 0.3) is 0 Å². The Labute approximate surface area is 104 Å². The molecule has 0 amide bonds. The normalized spacial score (nSPS) is 12.4. The highest BCUT2D eigenvalue weighted by Crippen LogP contribution is 2.24. The van der Waals surface area contributed by atoms with Crippen molar-refractivity contribution in [3.63, 3.8) is 0 Å². The van der Waals surface area contributed by atoms with Gasteiger partial charge in [0.2, 0.25) is 0 Å². The molecule has 0 spiro atoms. The van der Waals surface area contributed by atoms with Gasteiger partial charge in [-0.25, -0.2) is 14.2 Å². The molecule has 2 aromatic rings. The highest BCUT2D eigenvalue weighted by atomic mass is 19.1. The maximum atomic E-state index is 13.7. The fourth-order valence-electron chi connectivity index (χ4n) is 1.85. The van der Waals surface area contributed by atoms with Crippen LogP contribution in [0.1, 0.15) is 22.9 Å². The first-order valence-electron chi connectivity index (χ1n) is 5.46. The Morgan fingerprint density at radius 3 is 2.67 bits per heavy atom. The first-order chi connectivity index (χ1) is 8.63. The second-order valence-electron chi connectivity index (χ2n) is 3.97. The Bertz CT molecular complexity index is 558. The maximum Gasteiger partial charge on any atom is 0.131 e. The van der Waals surface area contributed by atoms with Crippen LogP contribution in [-0.4, -0.2) is 4.98 Å². The molecule has 0 aliphatic carbocycles. The number of benzene rings is 1. The fraction of sp³-hybridized carbons (Fsp3) is 0.154. The molecule has 18 heavy (non-hydrogen) atoms. The molecule has 1 unspecified atom stereocenters. The van der Waals surface area contributed by atoms with E-state index in [-0.39, 0.29) is 5.56 Å². The van der Waals surface area contributed by atoms with Gasteiger partial charge in [-0.05, 0) is 24.6 Å². The zero-order chi connectivity index (χ0) is 13.1. The Morgan fingerprint density at radius 1 is 1.28 bits per heavy atom. The topological polar surface area (TPSA) is 50.9 Å². The maximum absolute atomic E-state index is 13.7. The first kappa shape index (κ1) is 12.6. The van der Waals surface area contributed by atoms with Crippen molar-refractivity contribution in [2.24, 2.45) is 5.84 Å². The predicted molar refractivity (Wildman–Crippen MR) is 64.5 cm³/mol. The van der Waals surface area contributed by atoms with Gasteiger partial charge in [0.15, 0.2) is 0 Å². The van der Waals surface area contributed by atoms with E-state index >= 15 is 0 Å². The van der Waals surface area contributed by atoms with Gasteiger partial charge in [-0.1, -0.05) is 12.1 Å². The van der Waals surface area contributed by atoms with Crippen LogP contribution in [0.2, 0.25) is 0 Å². The lowest BCUT2D eigenvalue weighted by Gasteiger charge is -2.18. The molecule has 1 heterocycles. The van der Waals surface area contributed by atoms with Crippen molar-refractivity contribution < 1.29 is 8.78 Å². The molecule has 0 aliphatic heterocycles. The smallest absolute Gasteiger partial charge is 0.131 e. The number of nitrogens with two attached hydrogens (primary N) is 1. The summed E-state index contributed by atoms with van der Waals surface area (Å²) >= 11 is 0.